The summed E-state index contributed by atoms with van der Waals surface area (Å²) in [5.74, 6) is 0. The third-order valence-corrected chi connectivity index (χ3v) is 0.965. The SMILES string of the molecule is N[C]#[W]#[C]N. The van der Waals surface area contributed by atoms with Gasteiger partial charge < -0.3 is 0 Å². The molecule has 0 heterocycles. The van der Waals surface area contributed by atoms with Crippen LogP contribution >= 0.6 is 0 Å². The predicted molar refractivity (Wildman–Crippen MR) is 16.2 cm³/mol. The van der Waals surface area contributed by atoms with Crippen molar-refractivity contribution in [1.29, 1.82) is 0 Å². The van der Waals surface area contributed by atoms with Gasteiger partial charge in [-0.3, -0.25) is 0 Å². The van der Waals surface area contributed by atoms with Crippen LogP contribution in [0.2, 0.25) is 0 Å². The van der Waals surface area contributed by atoms with E-state index in [2.05, 4.69) is 8.65 Å². The molecule has 0 aromatic heterocycles. The van der Waals surface area contributed by atoms with Crippen LogP contribution in [0.4, 0.5) is 0 Å². The van der Waals surface area contributed by atoms with Gasteiger partial charge in [0.2, 0.25) is 0 Å². The molecule has 0 radical (unpaired) electrons. The molecule has 0 atom stereocenters. The molecule has 0 bridgehead atoms. The van der Waals surface area contributed by atoms with Gasteiger partial charge in [-0.2, -0.15) is 0 Å². The zero-order valence-corrected chi connectivity index (χ0v) is 5.50. The van der Waals surface area contributed by atoms with E-state index >= 15 is 0 Å². The summed E-state index contributed by atoms with van der Waals surface area (Å²) in [7, 11) is 0. The Kier molecular flexibility index (Phi) is 4.31. The van der Waals surface area contributed by atoms with Crippen molar-refractivity contribution in [2.75, 3.05) is 0 Å². The average molecular weight is 240 g/mol. The summed E-state index contributed by atoms with van der Waals surface area (Å²) in [4.78, 5) is 0. The molecule has 0 aromatic rings. The molecule has 0 aromatic carbocycles. The summed E-state index contributed by atoms with van der Waals surface area (Å²) in [6.45, 7) is 0. The van der Waals surface area contributed by atoms with Crippen molar-refractivity contribution in [2.24, 2.45) is 11.5 Å². The van der Waals surface area contributed by atoms with Crippen molar-refractivity contribution < 1.29 is 17.2 Å². The quantitative estimate of drug-likeness (QED) is 0.523. The molecule has 28 valence electrons. The van der Waals surface area contributed by atoms with Gasteiger partial charge in [-0.05, 0) is 0 Å². The third kappa shape index (κ3) is 4.17. The van der Waals surface area contributed by atoms with E-state index in [-0.39, 0.29) is 0 Å². The fourth-order valence-corrected chi connectivity index (χ4v) is 0.278. The monoisotopic (exact) mass is 240 g/mol. The standard InChI is InChI=1S/2CH2N.W/c2*1-2;/h2*2H2;. The Morgan fingerprint density at radius 2 is 1.60 bits per heavy atom. The summed E-state index contributed by atoms with van der Waals surface area (Å²) in [6.07, 6.45) is 0. The van der Waals surface area contributed by atoms with Crippen LogP contribution in [-0.4, -0.2) is 0 Å². The van der Waals surface area contributed by atoms with Gasteiger partial charge in [0.1, 0.15) is 0 Å². The molecule has 0 amide bonds. The van der Waals surface area contributed by atoms with Gasteiger partial charge in [0.05, 0.1) is 0 Å². The fraction of sp³-hybridized carbons (Fsp3) is 0. The molecule has 0 aliphatic carbocycles. The van der Waals surface area contributed by atoms with Gasteiger partial charge in [0, 0.05) is 0 Å². The molecule has 0 aliphatic heterocycles. The molecule has 0 fully saturated rings. The van der Waals surface area contributed by atoms with Crippen molar-refractivity contribution >= 4 is 0 Å². The summed E-state index contributed by atoms with van der Waals surface area (Å²) in [5, 5.41) is 0. The van der Waals surface area contributed by atoms with Crippen molar-refractivity contribution in [1.82, 2.24) is 0 Å². The normalized spacial score (nSPS) is 3.60. The van der Waals surface area contributed by atoms with Crippen LogP contribution in [0.25, 0.3) is 0 Å². The van der Waals surface area contributed by atoms with Crippen molar-refractivity contribution in [3.8, 4) is 8.65 Å². The van der Waals surface area contributed by atoms with E-state index in [1.807, 2.05) is 0 Å². The van der Waals surface area contributed by atoms with Gasteiger partial charge in [-0.25, -0.2) is 0 Å². The zero-order chi connectivity index (χ0) is 4.12. The molecular formula is C2H4N2W. The molecule has 0 saturated carbocycles. The number of nitrogens with two attached hydrogens (primary N) is 2. The first-order valence-electron chi connectivity index (χ1n) is 0.986. The molecule has 0 saturated heterocycles. The number of rotatable bonds is 0. The predicted octanol–water partition coefficient (Wildman–Crippen LogP) is -1.18. The van der Waals surface area contributed by atoms with Crippen LogP contribution < -0.4 is 11.5 Å². The van der Waals surface area contributed by atoms with Crippen LogP contribution in [-0.2, 0) is 17.2 Å². The molecule has 5 heavy (non-hydrogen) atoms. The Hall–Kier alpha value is 0.168. The zero-order valence-electron chi connectivity index (χ0n) is 2.56. The molecule has 4 N–H and O–H groups in total. The summed E-state index contributed by atoms with van der Waals surface area (Å²) >= 11 is -0.704. The first-order valence-corrected chi connectivity index (χ1v) is 3.92. The molecule has 0 unspecified atom stereocenters. The second-order valence-corrected chi connectivity index (χ2v) is 2.76. The van der Waals surface area contributed by atoms with E-state index in [1.165, 1.54) is 0 Å². The van der Waals surface area contributed by atoms with Crippen molar-refractivity contribution in [3.63, 3.8) is 0 Å². The van der Waals surface area contributed by atoms with Crippen LogP contribution in [0.3, 0.4) is 0 Å². The Balaban J connectivity index is 3.91. The average Bonchev–Trinajstić information content (AvgIpc) is 1.41. The van der Waals surface area contributed by atoms with E-state index in [0.29, 0.717) is 0 Å². The van der Waals surface area contributed by atoms with E-state index in [0.717, 1.165) is 0 Å². The van der Waals surface area contributed by atoms with E-state index in [4.69, 9.17) is 11.5 Å². The van der Waals surface area contributed by atoms with Crippen molar-refractivity contribution in [2.45, 2.75) is 0 Å². The first kappa shape index (κ1) is 5.17. The van der Waals surface area contributed by atoms with Gasteiger partial charge >= 0.3 is 37.4 Å². The topological polar surface area (TPSA) is 52.0 Å². The van der Waals surface area contributed by atoms with Gasteiger partial charge in [0.15, 0.2) is 0 Å². The minimum absolute atomic E-state index is 0.704. The van der Waals surface area contributed by atoms with Crippen LogP contribution in [0, 0.1) is 8.65 Å². The third-order valence-electron chi connectivity index (χ3n) is 0.118. The Bertz CT molecular complexity index is 133. The minimum atomic E-state index is -0.704. The van der Waals surface area contributed by atoms with Gasteiger partial charge in [-0.15, -0.1) is 0 Å². The first-order chi connectivity index (χ1) is 2.41. The molecule has 3 heteroatoms. The van der Waals surface area contributed by atoms with Crippen LogP contribution in [0.5, 0.6) is 0 Å². The van der Waals surface area contributed by atoms with E-state index in [9.17, 15) is 0 Å². The molecule has 2 nitrogen and oxygen atoms in total. The Morgan fingerprint density at radius 3 is 1.60 bits per heavy atom. The molecule has 0 spiro atoms. The number of hydrogen-bond donors (Lipinski definition) is 2. The summed E-state index contributed by atoms with van der Waals surface area (Å²) in [6, 6.07) is 0. The van der Waals surface area contributed by atoms with E-state index < -0.39 is 17.2 Å². The maximum atomic E-state index is 4.82. The van der Waals surface area contributed by atoms with Crippen molar-refractivity contribution in [3.05, 3.63) is 0 Å². The molecule has 0 aliphatic rings. The second kappa shape index (κ2) is 4.17. The maximum absolute atomic E-state index is 4.82. The summed E-state index contributed by atoms with van der Waals surface area (Å²) < 4.78 is 4.90. The second-order valence-electron chi connectivity index (χ2n) is 0.338. The molecular weight excluding hydrogens is 236 g/mol. The Morgan fingerprint density at radius 1 is 1.20 bits per heavy atom. The summed E-state index contributed by atoms with van der Waals surface area (Å²) in [5.41, 5.74) is 9.64. The molecule has 0 rings (SSSR count). The fourth-order valence-electron chi connectivity index (χ4n) is 0.0340. The van der Waals surface area contributed by atoms with E-state index in [1.54, 1.807) is 0 Å². The Labute approximate surface area is 37.9 Å². The van der Waals surface area contributed by atoms with Crippen LogP contribution in [0.15, 0.2) is 0 Å². The van der Waals surface area contributed by atoms with Gasteiger partial charge in [-0.1, -0.05) is 0 Å². The van der Waals surface area contributed by atoms with Crippen LogP contribution in [0.1, 0.15) is 0 Å². The van der Waals surface area contributed by atoms with Gasteiger partial charge in [0.25, 0.3) is 0 Å². The number of hydrogen-bond acceptors (Lipinski definition) is 2.